The highest BCUT2D eigenvalue weighted by molar-refractivity contribution is 6.00. The van der Waals surface area contributed by atoms with E-state index in [0.717, 1.165) is 5.56 Å². The SMILES string of the molecule is Cc1noc(-c2ccco2)c1C(=O)N[C@H](C)c1ccccc1. The quantitative estimate of drug-likeness (QED) is 0.796. The van der Waals surface area contributed by atoms with Gasteiger partial charge in [-0.15, -0.1) is 0 Å². The van der Waals surface area contributed by atoms with E-state index in [1.54, 1.807) is 19.1 Å². The van der Waals surface area contributed by atoms with Crippen LogP contribution in [0.25, 0.3) is 11.5 Å². The van der Waals surface area contributed by atoms with Gasteiger partial charge in [-0.2, -0.15) is 0 Å². The molecule has 0 unspecified atom stereocenters. The molecule has 0 aliphatic heterocycles. The fraction of sp³-hybridized carbons (Fsp3) is 0.176. The second-order valence-electron chi connectivity index (χ2n) is 5.06. The summed E-state index contributed by atoms with van der Waals surface area (Å²) in [5.74, 6) is 0.597. The normalized spacial score (nSPS) is 12.1. The van der Waals surface area contributed by atoms with Crippen molar-refractivity contribution >= 4 is 5.91 Å². The van der Waals surface area contributed by atoms with Crippen LogP contribution in [-0.4, -0.2) is 11.1 Å². The molecule has 1 atom stereocenters. The van der Waals surface area contributed by atoms with Gasteiger partial charge in [-0.05, 0) is 31.5 Å². The zero-order chi connectivity index (χ0) is 15.5. The minimum absolute atomic E-state index is 0.118. The van der Waals surface area contributed by atoms with Crippen molar-refractivity contribution in [3.63, 3.8) is 0 Å². The maximum Gasteiger partial charge on any atom is 0.257 e. The van der Waals surface area contributed by atoms with Crippen molar-refractivity contribution in [3.05, 3.63) is 65.5 Å². The highest BCUT2D eigenvalue weighted by Gasteiger charge is 2.24. The third-order valence-electron chi connectivity index (χ3n) is 3.48. The number of aryl methyl sites for hydroxylation is 1. The Morgan fingerprint density at radius 2 is 1.95 bits per heavy atom. The average molecular weight is 296 g/mol. The Morgan fingerprint density at radius 1 is 1.18 bits per heavy atom. The van der Waals surface area contributed by atoms with E-state index in [0.29, 0.717) is 22.8 Å². The molecule has 3 aromatic rings. The lowest BCUT2D eigenvalue weighted by Crippen LogP contribution is -2.27. The topological polar surface area (TPSA) is 68.3 Å². The summed E-state index contributed by atoms with van der Waals surface area (Å²) in [6, 6.07) is 13.1. The van der Waals surface area contributed by atoms with Gasteiger partial charge in [0.05, 0.1) is 18.0 Å². The van der Waals surface area contributed by atoms with Gasteiger partial charge >= 0.3 is 0 Å². The monoisotopic (exact) mass is 296 g/mol. The van der Waals surface area contributed by atoms with E-state index in [4.69, 9.17) is 8.94 Å². The largest absolute Gasteiger partial charge is 0.461 e. The first-order chi connectivity index (χ1) is 10.7. The van der Waals surface area contributed by atoms with Crippen LogP contribution in [0, 0.1) is 6.92 Å². The second kappa shape index (κ2) is 5.89. The lowest BCUT2D eigenvalue weighted by molar-refractivity contribution is 0.0939. The van der Waals surface area contributed by atoms with Gasteiger partial charge in [-0.3, -0.25) is 4.79 Å². The first-order valence-electron chi connectivity index (χ1n) is 7.02. The average Bonchev–Trinajstić information content (AvgIpc) is 3.17. The number of rotatable bonds is 4. The van der Waals surface area contributed by atoms with Crippen molar-refractivity contribution in [1.82, 2.24) is 10.5 Å². The Kier molecular flexibility index (Phi) is 3.78. The van der Waals surface area contributed by atoms with Crippen molar-refractivity contribution in [3.8, 4) is 11.5 Å². The first-order valence-corrected chi connectivity index (χ1v) is 7.02. The fourth-order valence-electron chi connectivity index (χ4n) is 2.31. The summed E-state index contributed by atoms with van der Waals surface area (Å²) >= 11 is 0. The molecule has 0 aliphatic rings. The molecule has 5 heteroatoms. The molecule has 0 aliphatic carbocycles. The van der Waals surface area contributed by atoms with Crippen LogP contribution >= 0.6 is 0 Å². The van der Waals surface area contributed by atoms with Gasteiger partial charge in [-0.25, -0.2) is 0 Å². The van der Waals surface area contributed by atoms with Gasteiger partial charge in [0.25, 0.3) is 5.91 Å². The summed E-state index contributed by atoms with van der Waals surface area (Å²) in [5.41, 5.74) is 1.96. The number of hydrogen-bond donors (Lipinski definition) is 1. The molecule has 2 heterocycles. The maximum atomic E-state index is 12.6. The maximum absolute atomic E-state index is 12.6. The summed E-state index contributed by atoms with van der Waals surface area (Å²) in [5, 5.41) is 6.84. The number of hydrogen-bond acceptors (Lipinski definition) is 4. The van der Waals surface area contributed by atoms with Crippen LogP contribution in [0.3, 0.4) is 0 Å². The second-order valence-corrected chi connectivity index (χ2v) is 5.06. The molecule has 0 fully saturated rings. The van der Waals surface area contributed by atoms with Crippen LogP contribution in [0.15, 0.2) is 57.7 Å². The van der Waals surface area contributed by atoms with E-state index in [1.807, 2.05) is 37.3 Å². The highest BCUT2D eigenvalue weighted by Crippen LogP contribution is 2.27. The van der Waals surface area contributed by atoms with E-state index in [9.17, 15) is 4.79 Å². The zero-order valence-electron chi connectivity index (χ0n) is 12.4. The molecular weight excluding hydrogens is 280 g/mol. The summed E-state index contributed by atoms with van der Waals surface area (Å²) in [4.78, 5) is 12.6. The van der Waals surface area contributed by atoms with Gasteiger partial charge in [0, 0.05) is 0 Å². The van der Waals surface area contributed by atoms with Gasteiger partial charge in [0.2, 0.25) is 5.76 Å². The predicted molar refractivity (Wildman–Crippen MR) is 81.3 cm³/mol. The van der Waals surface area contributed by atoms with Crippen molar-refractivity contribution in [2.45, 2.75) is 19.9 Å². The Hall–Kier alpha value is -2.82. The molecule has 0 bridgehead atoms. The Bertz CT molecular complexity index is 761. The summed E-state index contributed by atoms with van der Waals surface area (Å²) in [6.07, 6.45) is 1.53. The fourth-order valence-corrected chi connectivity index (χ4v) is 2.31. The molecule has 1 aromatic carbocycles. The Morgan fingerprint density at radius 3 is 2.64 bits per heavy atom. The van der Waals surface area contributed by atoms with E-state index >= 15 is 0 Å². The summed E-state index contributed by atoms with van der Waals surface area (Å²) in [7, 11) is 0. The molecule has 1 N–H and O–H groups in total. The van der Waals surface area contributed by atoms with Crippen LogP contribution in [0.2, 0.25) is 0 Å². The highest BCUT2D eigenvalue weighted by atomic mass is 16.5. The molecule has 3 rings (SSSR count). The van der Waals surface area contributed by atoms with E-state index < -0.39 is 0 Å². The lowest BCUT2D eigenvalue weighted by Gasteiger charge is -2.14. The minimum atomic E-state index is -0.235. The van der Waals surface area contributed by atoms with Crippen molar-refractivity contribution in [2.75, 3.05) is 0 Å². The number of amides is 1. The molecule has 1 amide bonds. The van der Waals surface area contributed by atoms with Gasteiger partial charge in [0.15, 0.2) is 5.76 Å². The number of nitrogens with zero attached hydrogens (tertiary/aromatic N) is 1. The molecule has 0 spiro atoms. The van der Waals surface area contributed by atoms with E-state index in [2.05, 4.69) is 10.5 Å². The Labute approximate surface area is 127 Å². The minimum Gasteiger partial charge on any atom is -0.461 e. The third kappa shape index (κ3) is 2.65. The van der Waals surface area contributed by atoms with Crippen molar-refractivity contribution in [1.29, 1.82) is 0 Å². The number of benzene rings is 1. The summed E-state index contributed by atoms with van der Waals surface area (Å²) in [6.45, 7) is 3.67. The number of carbonyl (C=O) groups is 1. The van der Waals surface area contributed by atoms with Crippen LogP contribution < -0.4 is 5.32 Å². The number of furan rings is 1. The summed E-state index contributed by atoms with van der Waals surface area (Å²) < 4.78 is 10.5. The third-order valence-corrected chi connectivity index (χ3v) is 3.48. The first kappa shape index (κ1) is 14.1. The van der Waals surface area contributed by atoms with Crippen LogP contribution in [-0.2, 0) is 0 Å². The molecule has 22 heavy (non-hydrogen) atoms. The van der Waals surface area contributed by atoms with Gasteiger partial charge in [-0.1, -0.05) is 35.5 Å². The van der Waals surface area contributed by atoms with E-state index in [-0.39, 0.29) is 11.9 Å². The Balaban J connectivity index is 1.86. The molecule has 0 saturated heterocycles. The van der Waals surface area contributed by atoms with E-state index in [1.165, 1.54) is 6.26 Å². The van der Waals surface area contributed by atoms with Gasteiger partial charge < -0.3 is 14.3 Å². The van der Waals surface area contributed by atoms with Crippen molar-refractivity contribution < 1.29 is 13.7 Å². The number of nitrogens with one attached hydrogen (secondary N) is 1. The zero-order valence-corrected chi connectivity index (χ0v) is 12.4. The lowest BCUT2D eigenvalue weighted by atomic mass is 10.1. The van der Waals surface area contributed by atoms with Crippen LogP contribution in [0.4, 0.5) is 0 Å². The molecule has 0 saturated carbocycles. The van der Waals surface area contributed by atoms with Gasteiger partial charge in [0.1, 0.15) is 5.56 Å². The number of aromatic nitrogens is 1. The van der Waals surface area contributed by atoms with Crippen LogP contribution in [0.1, 0.15) is 34.6 Å². The molecule has 112 valence electrons. The molecule has 0 radical (unpaired) electrons. The number of carbonyl (C=O) groups excluding carboxylic acids is 1. The molecule has 5 nitrogen and oxygen atoms in total. The standard InChI is InChI=1S/C17H16N2O3/c1-11(13-7-4-3-5-8-13)18-17(20)15-12(2)19-22-16(15)14-9-6-10-21-14/h3-11H,1-2H3,(H,18,20)/t11-/m1/s1. The van der Waals surface area contributed by atoms with Crippen molar-refractivity contribution in [2.24, 2.45) is 0 Å². The molecular formula is C17H16N2O3. The smallest absolute Gasteiger partial charge is 0.257 e. The molecule has 2 aromatic heterocycles. The predicted octanol–water partition coefficient (Wildman–Crippen LogP) is 3.73. The van der Waals surface area contributed by atoms with Crippen LogP contribution in [0.5, 0.6) is 0 Å².